The lowest BCUT2D eigenvalue weighted by atomic mass is 9.97. The lowest BCUT2D eigenvalue weighted by Gasteiger charge is -2.09. The zero-order valence-electron chi connectivity index (χ0n) is 7.22. The maximum absolute atomic E-state index is 11.5. The second-order valence-corrected chi connectivity index (χ2v) is 3.99. The Morgan fingerprint density at radius 2 is 2.17 bits per heavy atom. The molecule has 0 aromatic carbocycles. The molecule has 1 spiro atoms. The molecule has 0 radical (unpaired) electrons. The first-order chi connectivity index (χ1) is 5.65. The van der Waals surface area contributed by atoms with Crippen LogP contribution in [0.4, 0.5) is 0 Å². The molecule has 2 rings (SSSR count). The van der Waals surface area contributed by atoms with E-state index in [-0.39, 0.29) is 17.2 Å². The van der Waals surface area contributed by atoms with Crippen molar-refractivity contribution in [2.75, 3.05) is 0 Å². The highest BCUT2D eigenvalue weighted by atomic mass is 16.2. The Morgan fingerprint density at radius 1 is 1.50 bits per heavy atom. The molecule has 1 saturated heterocycles. The predicted molar refractivity (Wildman–Crippen MR) is 43.2 cm³/mol. The molecule has 1 heterocycles. The highest BCUT2D eigenvalue weighted by molar-refractivity contribution is 6.00. The molecule has 1 N–H and O–H groups in total. The molecule has 2 atom stereocenters. The van der Waals surface area contributed by atoms with E-state index in [2.05, 4.69) is 12.2 Å². The molecule has 1 aliphatic heterocycles. The summed E-state index contributed by atoms with van der Waals surface area (Å²) in [4.78, 5) is 22.5. The number of rotatable bonds is 0. The maximum Gasteiger partial charge on any atom is 0.233 e. The fourth-order valence-electron chi connectivity index (χ4n) is 2.14. The van der Waals surface area contributed by atoms with Crippen LogP contribution in [0.2, 0.25) is 0 Å². The van der Waals surface area contributed by atoms with E-state index < -0.39 is 0 Å². The van der Waals surface area contributed by atoms with Crippen LogP contribution in [-0.2, 0) is 9.59 Å². The van der Waals surface area contributed by atoms with Crippen molar-refractivity contribution in [3.8, 4) is 0 Å². The summed E-state index contributed by atoms with van der Waals surface area (Å²) in [6, 6.07) is 0. The first kappa shape index (κ1) is 7.77. The van der Waals surface area contributed by atoms with Gasteiger partial charge in [0.1, 0.15) is 0 Å². The van der Waals surface area contributed by atoms with Crippen LogP contribution in [0.15, 0.2) is 0 Å². The summed E-state index contributed by atoms with van der Waals surface area (Å²) in [5.74, 6) is 0.344. The molecule has 12 heavy (non-hydrogen) atoms. The van der Waals surface area contributed by atoms with Crippen LogP contribution in [0.5, 0.6) is 0 Å². The highest BCUT2D eigenvalue weighted by Crippen LogP contribution is 2.56. The van der Waals surface area contributed by atoms with Gasteiger partial charge >= 0.3 is 0 Å². The lowest BCUT2D eigenvalue weighted by molar-refractivity contribution is -0.132. The number of carbonyl (C=O) groups excluding carboxylic acids is 2. The summed E-state index contributed by atoms with van der Waals surface area (Å²) in [6.07, 6.45) is 3.24. The zero-order chi connectivity index (χ0) is 8.77. The topological polar surface area (TPSA) is 46.2 Å². The van der Waals surface area contributed by atoms with E-state index in [9.17, 15) is 9.59 Å². The molecule has 0 bridgehead atoms. The first-order valence-electron chi connectivity index (χ1n) is 4.49. The number of hydrogen-bond acceptors (Lipinski definition) is 2. The van der Waals surface area contributed by atoms with E-state index in [4.69, 9.17) is 0 Å². The minimum absolute atomic E-state index is 0.0301. The quantitative estimate of drug-likeness (QED) is 0.543. The predicted octanol–water partition coefficient (Wildman–Crippen LogP) is 0.839. The van der Waals surface area contributed by atoms with Gasteiger partial charge < -0.3 is 0 Å². The van der Waals surface area contributed by atoms with Crippen molar-refractivity contribution < 1.29 is 9.59 Å². The fourth-order valence-corrected chi connectivity index (χ4v) is 2.14. The van der Waals surface area contributed by atoms with Gasteiger partial charge in [0.2, 0.25) is 11.8 Å². The standard InChI is InChI=1S/C9H13NO2/c1-6-5-9(6)4-2-3-7(11)10-8(9)12/h6H,2-5H2,1H3,(H,10,11,12). The summed E-state index contributed by atoms with van der Waals surface area (Å²) in [7, 11) is 0. The number of amides is 2. The molecule has 0 aromatic rings. The molecule has 0 aromatic heterocycles. The first-order valence-corrected chi connectivity index (χ1v) is 4.49. The average molecular weight is 167 g/mol. The summed E-state index contributed by atoms with van der Waals surface area (Å²) in [5, 5.41) is 2.45. The monoisotopic (exact) mass is 167 g/mol. The minimum atomic E-state index is -0.161. The van der Waals surface area contributed by atoms with E-state index in [1.807, 2.05) is 0 Å². The Balaban J connectivity index is 2.16. The molecule has 2 unspecified atom stereocenters. The number of imide groups is 1. The van der Waals surface area contributed by atoms with Crippen LogP contribution in [0.25, 0.3) is 0 Å². The molecule has 2 fully saturated rings. The third kappa shape index (κ3) is 0.958. The fraction of sp³-hybridized carbons (Fsp3) is 0.778. The van der Waals surface area contributed by atoms with Gasteiger partial charge in [0.25, 0.3) is 0 Å². The van der Waals surface area contributed by atoms with Gasteiger partial charge in [-0.05, 0) is 25.2 Å². The molecule has 1 saturated carbocycles. The molecule has 1 aliphatic carbocycles. The van der Waals surface area contributed by atoms with E-state index in [1.54, 1.807) is 0 Å². The number of carbonyl (C=O) groups is 2. The smallest absolute Gasteiger partial charge is 0.233 e. The number of nitrogens with one attached hydrogen (secondary N) is 1. The van der Waals surface area contributed by atoms with Crippen molar-refractivity contribution >= 4 is 11.8 Å². The van der Waals surface area contributed by atoms with Crippen molar-refractivity contribution in [2.24, 2.45) is 11.3 Å². The Labute approximate surface area is 71.5 Å². The van der Waals surface area contributed by atoms with Gasteiger partial charge in [0.15, 0.2) is 0 Å². The second-order valence-electron chi connectivity index (χ2n) is 3.99. The van der Waals surface area contributed by atoms with E-state index in [0.717, 1.165) is 19.3 Å². The highest BCUT2D eigenvalue weighted by Gasteiger charge is 2.57. The normalized spacial score (nSPS) is 40.9. The molecule has 3 heteroatoms. The van der Waals surface area contributed by atoms with Gasteiger partial charge in [-0.15, -0.1) is 0 Å². The third-order valence-electron chi connectivity index (χ3n) is 3.19. The summed E-state index contributed by atoms with van der Waals surface area (Å²) in [5.41, 5.74) is -0.161. The van der Waals surface area contributed by atoms with Crippen LogP contribution < -0.4 is 5.32 Å². The van der Waals surface area contributed by atoms with Gasteiger partial charge in [0.05, 0.1) is 5.41 Å². The maximum atomic E-state index is 11.5. The van der Waals surface area contributed by atoms with Gasteiger partial charge in [-0.2, -0.15) is 0 Å². The van der Waals surface area contributed by atoms with Crippen molar-refractivity contribution in [1.82, 2.24) is 5.32 Å². The minimum Gasteiger partial charge on any atom is -0.296 e. The van der Waals surface area contributed by atoms with Crippen molar-refractivity contribution in [3.05, 3.63) is 0 Å². The van der Waals surface area contributed by atoms with Crippen LogP contribution in [0.3, 0.4) is 0 Å². The second kappa shape index (κ2) is 2.31. The van der Waals surface area contributed by atoms with E-state index in [0.29, 0.717) is 12.3 Å². The van der Waals surface area contributed by atoms with Crippen molar-refractivity contribution in [1.29, 1.82) is 0 Å². The van der Waals surface area contributed by atoms with Crippen molar-refractivity contribution in [3.63, 3.8) is 0 Å². The molecule has 2 amide bonds. The van der Waals surface area contributed by atoms with Gasteiger partial charge in [-0.3, -0.25) is 14.9 Å². The Bertz CT molecular complexity index is 249. The van der Waals surface area contributed by atoms with Gasteiger partial charge in [-0.1, -0.05) is 6.92 Å². The zero-order valence-corrected chi connectivity index (χ0v) is 7.22. The summed E-state index contributed by atoms with van der Waals surface area (Å²) >= 11 is 0. The number of hydrogen-bond donors (Lipinski definition) is 1. The van der Waals surface area contributed by atoms with Crippen LogP contribution >= 0.6 is 0 Å². The molecule has 66 valence electrons. The molecular formula is C9H13NO2. The van der Waals surface area contributed by atoms with Gasteiger partial charge in [0, 0.05) is 6.42 Å². The van der Waals surface area contributed by atoms with Gasteiger partial charge in [-0.25, -0.2) is 0 Å². The average Bonchev–Trinajstić information content (AvgIpc) is 2.64. The van der Waals surface area contributed by atoms with Crippen molar-refractivity contribution in [2.45, 2.75) is 32.6 Å². The lowest BCUT2D eigenvalue weighted by Crippen LogP contribution is -2.34. The van der Waals surface area contributed by atoms with Crippen LogP contribution in [0, 0.1) is 11.3 Å². The largest absolute Gasteiger partial charge is 0.296 e. The van der Waals surface area contributed by atoms with Crippen LogP contribution in [-0.4, -0.2) is 11.8 Å². The Hall–Kier alpha value is -0.860. The Kier molecular flexibility index (Phi) is 1.50. The SMILES string of the molecule is CC1CC12CCCC(=O)NC2=O. The Morgan fingerprint density at radius 3 is 2.75 bits per heavy atom. The molecule has 2 aliphatic rings. The van der Waals surface area contributed by atoms with E-state index >= 15 is 0 Å². The van der Waals surface area contributed by atoms with Crippen LogP contribution in [0.1, 0.15) is 32.6 Å². The van der Waals surface area contributed by atoms with E-state index in [1.165, 1.54) is 0 Å². The summed E-state index contributed by atoms with van der Waals surface area (Å²) < 4.78 is 0. The summed E-state index contributed by atoms with van der Waals surface area (Å²) in [6.45, 7) is 2.08. The molecular weight excluding hydrogens is 154 g/mol. The third-order valence-corrected chi connectivity index (χ3v) is 3.19. The molecule has 3 nitrogen and oxygen atoms in total.